The number of likely N-dealkylation sites (tertiary alicyclic amines) is 1. The van der Waals surface area contributed by atoms with Gasteiger partial charge >= 0.3 is 12.1 Å². The van der Waals surface area contributed by atoms with Gasteiger partial charge in [-0.15, -0.1) is 0 Å². The van der Waals surface area contributed by atoms with Crippen molar-refractivity contribution in [3.05, 3.63) is 0 Å². The molecule has 3 nitrogen and oxygen atoms in total. The summed E-state index contributed by atoms with van der Waals surface area (Å²) in [5, 5.41) is 0. The first-order valence-corrected chi connectivity index (χ1v) is 4.81. The van der Waals surface area contributed by atoms with Gasteiger partial charge in [-0.3, -0.25) is 4.79 Å². The zero-order chi connectivity index (χ0) is 11.6. The van der Waals surface area contributed by atoms with Crippen LogP contribution in [0.2, 0.25) is 0 Å². The van der Waals surface area contributed by atoms with E-state index in [0.717, 1.165) is 24.4 Å². The predicted octanol–water partition coefficient (Wildman–Crippen LogP) is 0.959. The number of rotatable bonds is 2. The van der Waals surface area contributed by atoms with E-state index in [9.17, 15) is 18.0 Å². The minimum atomic E-state index is -4.75. The minimum absolute atomic E-state index is 0.159. The molecule has 0 aromatic rings. The molecule has 0 unspecified atom stereocenters. The number of amides is 1. The molecule has 1 saturated heterocycles. The third-order valence-corrected chi connectivity index (χ3v) is 2.61. The topological polar surface area (TPSA) is 23.6 Å². The third kappa shape index (κ3) is 3.37. The van der Waals surface area contributed by atoms with Crippen molar-refractivity contribution < 1.29 is 18.0 Å². The van der Waals surface area contributed by atoms with E-state index < -0.39 is 12.1 Å². The molecule has 15 heavy (non-hydrogen) atoms. The lowest BCUT2D eigenvalue weighted by Crippen LogP contribution is -2.41. The normalized spacial score (nSPS) is 23.1. The molecule has 0 bridgehead atoms. The molecule has 0 aromatic heterocycles. The van der Waals surface area contributed by atoms with Crippen molar-refractivity contribution in [2.45, 2.75) is 12.6 Å². The maximum atomic E-state index is 12.0. The summed E-state index contributed by atoms with van der Waals surface area (Å²) in [6.07, 6.45) is -3.90. The molecule has 0 aromatic carbocycles. The Kier molecular flexibility index (Phi) is 3.59. The summed E-state index contributed by atoms with van der Waals surface area (Å²) >= 11 is 0. The average Bonchev–Trinajstić information content (AvgIpc) is 2.48. The summed E-state index contributed by atoms with van der Waals surface area (Å²) in [6.45, 7) is 1.83. The molecule has 88 valence electrons. The van der Waals surface area contributed by atoms with Crippen LogP contribution in [0.4, 0.5) is 13.2 Å². The molecule has 1 aliphatic heterocycles. The molecule has 0 radical (unpaired) electrons. The summed E-state index contributed by atoms with van der Waals surface area (Å²) in [6, 6.07) is 0. The molecule has 1 rings (SSSR count). The maximum Gasteiger partial charge on any atom is 0.471 e. The van der Waals surface area contributed by atoms with Gasteiger partial charge in [0.25, 0.3) is 0 Å². The second kappa shape index (κ2) is 4.38. The Morgan fingerprint density at radius 3 is 2.53 bits per heavy atom. The number of hydrogen-bond acceptors (Lipinski definition) is 2. The Morgan fingerprint density at radius 2 is 2.13 bits per heavy atom. The van der Waals surface area contributed by atoms with Crippen molar-refractivity contribution in [1.29, 1.82) is 0 Å². The molecule has 1 amide bonds. The quantitative estimate of drug-likeness (QED) is 0.697. The van der Waals surface area contributed by atoms with Crippen LogP contribution in [-0.4, -0.2) is 55.6 Å². The van der Waals surface area contributed by atoms with E-state index in [1.807, 2.05) is 7.05 Å². The van der Waals surface area contributed by atoms with Gasteiger partial charge in [-0.1, -0.05) is 0 Å². The number of alkyl halides is 3. The molecular weight excluding hydrogens is 209 g/mol. The fraction of sp³-hybridized carbons (Fsp3) is 0.889. The van der Waals surface area contributed by atoms with Crippen molar-refractivity contribution >= 4 is 5.91 Å². The van der Waals surface area contributed by atoms with Gasteiger partial charge in [0.15, 0.2) is 0 Å². The molecule has 1 aliphatic rings. The highest BCUT2D eigenvalue weighted by Crippen LogP contribution is 2.20. The molecule has 0 saturated carbocycles. The Morgan fingerprint density at radius 1 is 1.53 bits per heavy atom. The SMILES string of the molecule is CN1CC[C@H](CN(C)C(=O)C(F)(F)F)C1. The van der Waals surface area contributed by atoms with E-state index in [1.165, 1.54) is 7.05 Å². The fourth-order valence-corrected chi connectivity index (χ4v) is 1.86. The van der Waals surface area contributed by atoms with E-state index in [1.54, 1.807) is 0 Å². The second-order valence-corrected chi connectivity index (χ2v) is 4.10. The van der Waals surface area contributed by atoms with Crippen molar-refractivity contribution in [2.24, 2.45) is 5.92 Å². The van der Waals surface area contributed by atoms with Crippen LogP contribution in [0, 0.1) is 5.92 Å². The van der Waals surface area contributed by atoms with Crippen molar-refractivity contribution in [3.63, 3.8) is 0 Å². The van der Waals surface area contributed by atoms with Gasteiger partial charge in [-0.05, 0) is 25.9 Å². The minimum Gasteiger partial charge on any atom is -0.338 e. The number of hydrogen-bond donors (Lipinski definition) is 0. The van der Waals surface area contributed by atoms with Crippen LogP contribution in [0.1, 0.15) is 6.42 Å². The molecule has 0 aliphatic carbocycles. The lowest BCUT2D eigenvalue weighted by Gasteiger charge is -2.22. The van der Waals surface area contributed by atoms with E-state index in [0.29, 0.717) is 0 Å². The second-order valence-electron chi connectivity index (χ2n) is 4.10. The standard InChI is InChI=1S/C9H15F3N2O/c1-13-4-3-7(5-13)6-14(2)8(15)9(10,11)12/h7H,3-6H2,1-2H3/t7-/m0/s1. The first kappa shape index (κ1) is 12.3. The molecule has 1 fully saturated rings. The van der Waals surface area contributed by atoms with E-state index in [-0.39, 0.29) is 12.5 Å². The van der Waals surface area contributed by atoms with Crippen LogP contribution < -0.4 is 0 Å². The zero-order valence-electron chi connectivity index (χ0n) is 8.84. The number of carbonyl (C=O) groups is 1. The number of carbonyl (C=O) groups excluding carboxylic acids is 1. The molecule has 0 spiro atoms. The summed E-state index contributed by atoms with van der Waals surface area (Å²) in [5.41, 5.74) is 0. The Balaban J connectivity index is 2.42. The monoisotopic (exact) mass is 224 g/mol. The van der Waals surface area contributed by atoms with Crippen LogP contribution >= 0.6 is 0 Å². The predicted molar refractivity (Wildman–Crippen MR) is 49.3 cm³/mol. The molecular formula is C9H15F3N2O. The van der Waals surface area contributed by atoms with Gasteiger partial charge < -0.3 is 9.80 Å². The third-order valence-electron chi connectivity index (χ3n) is 2.61. The van der Waals surface area contributed by atoms with Crippen LogP contribution in [-0.2, 0) is 4.79 Å². The largest absolute Gasteiger partial charge is 0.471 e. The first-order valence-electron chi connectivity index (χ1n) is 4.81. The van der Waals surface area contributed by atoms with Crippen molar-refractivity contribution in [2.75, 3.05) is 33.7 Å². The van der Waals surface area contributed by atoms with Crippen LogP contribution in [0.15, 0.2) is 0 Å². The van der Waals surface area contributed by atoms with E-state index >= 15 is 0 Å². The van der Waals surface area contributed by atoms with Gasteiger partial charge in [0.2, 0.25) is 0 Å². The summed E-state index contributed by atoms with van der Waals surface area (Å²) in [7, 11) is 3.12. The van der Waals surface area contributed by atoms with Crippen molar-refractivity contribution in [3.8, 4) is 0 Å². The number of halogens is 3. The van der Waals surface area contributed by atoms with Gasteiger partial charge in [-0.25, -0.2) is 0 Å². The van der Waals surface area contributed by atoms with Gasteiger partial charge in [0.1, 0.15) is 0 Å². The van der Waals surface area contributed by atoms with Gasteiger partial charge in [0, 0.05) is 20.1 Å². The lowest BCUT2D eigenvalue weighted by atomic mass is 10.1. The Bertz CT molecular complexity index is 242. The first-order chi connectivity index (χ1) is 6.80. The maximum absolute atomic E-state index is 12.0. The zero-order valence-corrected chi connectivity index (χ0v) is 8.84. The average molecular weight is 224 g/mol. The summed E-state index contributed by atoms with van der Waals surface area (Å²) in [5.74, 6) is -1.59. The smallest absolute Gasteiger partial charge is 0.338 e. The van der Waals surface area contributed by atoms with Gasteiger partial charge in [0.05, 0.1) is 0 Å². The Hall–Kier alpha value is -0.780. The lowest BCUT2D eigenvalue weighted by molar-refractivity contribution is -0.184. The van der Waals surface area contributed by atoms with Crippen LogP contribution in [0.25, 0.3) is 0 Å². The van der Waals surface area contributed by atoms with E-state index in [2.05, 4.69) is 4.90 Å². The highest BCUT2D eigenvalue weighted by Gasteiger charge is 2.41. The van der Waals surface area contributed by atoms with E-state index in [4.69, 9.17) is 0 Å². The highest BCUT2D eigenvalue weighted by atomic mass is 19.4. The molecule has 1 atom stereocenters. The van der Waals surface area contributed by atoms with Crippen LogP contribution in [0.3, 0.4) is 0 Å². The summed E-state index contributed by atoms with van der Waals surface area (Å²) in [4.78, 5) is 13.6. The van der Waals surface area contributed by atoms with Crippen molar-refractivity contribution in [1.82, 2.24) is 9.80 Å². The molecule has 1 heterocycles. The van der Waals surface area contributed by atoms with Gasteiger partial charge in [-0.2, -0.15) is 13.2 Å². The fourth-order valence-electron chi connectivity index (χ4n) is 1.86. The molecule has 0 N–H and O–H groups in total. The Labute approximate surface area is 86.8 Å². The molecule has 6 heteroatoms. The van der Waals surface area contributed by atoms with Crippen LogP contribution in [0.5, 0.6) is 0 Å². The summed E-state index contributed by atoms with van der Waals surface area (Å²) < 4.78 is 36.1. The number of nitrogens with zero attached hydrogens (tertiary/aromatic N) is 2. The highest BCUT2D eigenvalue weighted by molar-refractivity contribution is 5.81.